The minimum Gasteiger partial charge on any atom is -0.477 e. The number of hydrogen-bond acceptors (Lipinski definition) is 4. The van der Waals surface area contributed by atoms with Gasteiger partial charge in [-0.3, -0.25) is 0 Å². The van der Waals surface area contributed by atoms with Crippen molar-refractivity contribution in [1.82, 2.24) is 0 Å². The van der Waals surface area contributed by atoms with Crippen LogP contribution in [-0.4, -0.2) is 17.3 Å². The van der Waals surface area contributed by atoms with E-state index < -0.39 is 5.97 Å². The van der Waals surface area contributed by atoms with E-state index in [-0.39, 0.29) is 4.88 Å². The Morgan fingerprint density at radius 3 is 2.62 bits per heavy atom. The molecule has 0 aliphatic carbocycles. The molecule has 0 bridgehead atoms. The van der Waals surface area contributed by atoms with Crippen LogP contribution in [0.15, 0.2) is 4.21 Å². The van der Waals surface area contributed by atoms with Gasteiger partial charge >= 0.3 is 5.97 Å². The fourth-order valence-electron chi connectivity index (χ4n) is 1.11. The smallest absolute Gasteiger partial charge is 0.348 e. The van der Waals surface area contributed by atoms with Gasteiger partial charge in [0.1, 0.15) is 4.88 Å². The molecule has 5 heteroatoms. The van der Waals surface area contributed by atoms with Gasteiger partial charge in [0.2, 0.25) is 0 Å². The third-order valence-corrected chi connectivity index (χ3v) is 4.14. The van der Waals surface area contributed by atoms with Crippen LogP contribution in [0.2, 0.25) is 0 Å². The van der Waals surface area contributed by atoms with E-state index in [9.17, 15) is 4.79 Å². The van der Waals surface area contributed by atoms with Crippen LogP contribution in [0.3, 0.4) is 0 Å². The first-order valence-electron chi connectivity index (χ1n) is 3.80. The molecule has 0 radical (unpaired) electrons. The molecule has 0 unspecified atom stereocenters. The second-order valence-corrected chi connectivity index (χ2v) is 4.57. The fraction of sp³-hybridized carbons (Fsp3) is 0.375. The number of thiophene rings is 1. The van der Waals surface area contributed by atoms with E-state index in [1.807, 2.05) is 13.2 Å². The van der Waals surface area contributed by atoms with Gasteiger partial charge in [-0.25, -0.2) is 4.79 Å². The summed E-state index contributed by atoms with van der Waals surface area (Å²) in [4.78, 5) is 11.0. The Hall–Kier alpha value is -0.680. The summed E-state index contributed by atoms with van der Waals surface area (Å²) in [5.41, 5.74) is 7.11. The molecule has 0 aliphatic heterocycles. The molecule has 72 valence electrons. The summed E-state index contributed by atoms with van der Waals surface area (Å²) in [7, 11) is 0. The van der Waals surface area contributed by atoms with E-state index in [2.05, 4.69) is 0 Å². The quantitative estimate of drug-likeness (QED) is 0.763. The Labute approximate surface area is 85.0 Å². The van der Waals surface area contributed by atoms with E-state index in [4.69, 9.17) is 10.8 Å². The zero-order chi connectivity index (χ0) is 10.0. The van der Waals surface area contributed by atoms with Crippen LogP contribution >= 0.6 is 23.1 Å². The summed E-state index contributed by atoms with van der Waals surface area (Å²) in [6.07, 6.45) is 2.71. The lowest BCUT2D eigenvalue weighted by atomic mass is 10.2. The van der Waals surface area contributed by atoms with Crippen LogP contribution in [-0.2, 0) is 6.42 Å². The van der Waals surface area contributed by atoms with Crippen molar-refractivity contribution in [3.8, 4) is 0 Å². The summed E-state index contributed by atoms with van der Waals surface area (Å²) in [5, 5.41) is 8.82. The highest BCUT2D eigenvalue weighted by Crippen LogP contribution is 2.37. The lowest BCUT2D eigenvalue weighted by Crippen LogP contribution is -1.99. The minimum absolute atomic E-state index is 0.265. The number of thioether (sulfide) groups is 1. The molecular weight excluding hydrogens is 206 g/mol. The molecule has 1 heterocycles. The number of aromatic carboxylic acids is 1. The van der Waals surface area contributed by atoms with Crippen molar-refractivity contribution in [1.29, 1.82) is 0 Å². The number of nitrogens with two attached hydrogens (primary N) is 1. The molecule has 3 N–H and O–H groups in total. The van der Waals surface area contributed by atoms with Crippen LogP contribution in [0.5, 0.6) is 0 Å². The van der Waals surface area contributed by atoms with Crippen LogP contribution in [0.4, 0.5) is 5.69 Å². The topological polar surface area (TPSA) is 63.3 Å². The van der Waals surface area contributed by atoms with Gasteiger partial charge in [0, 0.05) is 5.56 Å². The van der Waals surface area contributed by atoms with Gasteiger partial charge in [-0.05, 0) is 12.7 Å². The van der Waals surface area contributed by atoms with Crippen molar-refractivity contribution < 1.29 is 9.90 Å². The van der Waals surface area contributed by atoms with Gasteiger partial charge in [-0.1, -0.05) is 6.92 Å². The van der Waals surface area contributed by atoms with E-state index in [1.165, 1.54) is 11.3 Å². The Bertz CT molecular complexity index is 333. The molecule has 0 aliphatic rings. The fourth-order valence-corrected chi connectivity index (χ4v) is 3.08. The molecule has 0 fully saturated rings. The Kier molecular flexibility index (Phi) is 3.22. The molecule has 3 nitrogen and oxygen atoms in total. The number of carboxylic acids is 1. The van der Waals surface area contributed by atoms with E-state index in [0.29, 0.717) is 5.69 Å². The van der Waals surface area contributed by atoms with Crippen molar-refractivity contribution in [3.05, 3.63) is 10.4 Å². The summed E-state index contributed by atoms with van der Waals surface area (Å²) in [6, 6.07) is 0. The number of rotatable bonds is 3. The maximum Gasteiger partial charge on any atom is 0.348 e. The van der Waals surface area contributed by atoms with Crippen LogP contribution in [0.1, 0.15) is 22.2 Å². The second-order valence-electron chi connectivity index (χ2n) is 2.47. The zero-order valence-corrected chi connectivity index (χ0v) is 9.09. The second kappa shape index (κ2) is 4.02. The number of carboxylic acid groups (broad SMARTS) is 1. The first-order valence-corrected chi connectivity index (χ1v) is 5.84. The first-order chi connectivity index (χ1) is 6.11. The van der Waals surface area contributed by atoms with Crippen molar-refractivity contribution >= 4 is 34.8 Å². The van der Waals surface area contributed by atoms with Crippen molar-refractivity contribution in [3.63, 3.8) is 0 Å². The summed E-state index contributed by atoms with van der Waals surface area (Å²) in [6.45, 7) is 1.98. The van der Waals surface area contributed by atoms with Gasteiger partial charge < -0.3 is 10.8 Å². The third-order valence-electron chi connectivity index (χ3n) is 1.74. The van der Waals surface area contributed by atoms with Gasteiger partial charge in [0.05, 0.1) is 9.90 Å². The summed E-state index contributed by atoms with van der Waals surface area (Å²) < 4.78 is 1.01. The maximum atomic E-state index is 10.7. The zero-order valence-electron chi connectivity index (χ0n) is 7.46. The van der Waals surface area contributed by atoms with Crippen molar-refractivity contribution in [2.24, 2.45) is 0 Å². The average Bonchev–Trinajstić information content (AvgIpc) is 2.41. The highest BCUT2D eigenvalue weighted by molar-refractivity contribution is 8.00. The predicted octanol–water partition coefficient (Wildman–Crippen LogP) is 2.31. The van der Waals surface area contributed by atoms with E-state index in [1.54, 1.807) is 11.8 Å². The lowest BCUT2D eigenvalue weighted by Gasteiger charge is -1.97. The molecule has 13 heavy (non-hydrogen) atoms. The molecule has 0 aromatic carbocycles. The number of anilines is 1. The minimum atomic E-state index is -0.933. The third kappa shape index (κ3) is 1.81. The number of carbonyl (C=O) groups is 1. The Balaban J connectivity index is 3.26. The monoisotopic (exact) mass is 217 g/mol. The van der Waals surface area contributed by atoms with E-state index in [0.717, 1.165) is 16.2 Å². The average molecular weight is 217 g/mol. The molecule has 1 rings (SSSR count). The first kappa shape index (κ1) is 10.4. The molecule has 1 aromatic heterocycles. The highest BCUT2D eigenvalue weighted by Gasteiger charge is 2.18. The SMILES string of the molecule is CCc1c(SC)sc(C(=O)O)c1N. The Morgan fingerprint density at radius 2 is 2.31 bits per heavy atom. The standard InChI is InChI=1S/C8H11NO2S2/c1-3-4-5(9)6(7(10)11)13-8(4)12-2/h3,9H2,1-2H3,(H,10,11). The highest BCUT2D eigenvalue weighted by atomic mass is 32.2. The van der Waals surface area contributed by atoms with Gasteiger partial charge in [0.15, 0.2) is 0 Å². The molecule has 0 spiro atoms. The van der Waals surface area contributed by atoms with Gasteiger partial charge in [-0.15, -0.1) is 23.1 Å². The van der Waals surface area contributed by atoms with Crippen molar-refractivity contribution in [2.45, 2.75) is 17.6 Å². The van der Waals surface area contributed by atoms with Crippen molar-refractivity contribution in [2.75, 3.05) is 12.0 Å². The number of nitrogen functional groups attached to an aromatic ring is 1. The molecule has 0 saturated carbocycles. The van der Waals surface area contributed by atoms with Crippen LogP contribution in [0, 0.1) is 0 Å². The molecular formula is C8H11NO2S2. The summed E-state index contributed by atoms with van der Waals surface area (Å²) >= 11 is 2.80. The molecule has 0 amide bonds. The molecule has 0 saturated heterocycles. The summed E-state index contributed by atoms with van der Waals surface area (Å²) in [5.74, 6) is -0.933. The Morgan fingerprint density at radius 1 is 1.69 bits per heavy atom. The predicted molar refractivity (Wildman–Crippen MR) is 56.8 cm³/mol. The van der Waals surface area contributed by atoms with Gasteiger partial charge in [-0.2, -0.15) is 0 Å². The lowest BCUT2D eigenvalue weighted by molar-refractivity contribution is 0.0703. The molecule has 1 aromatic rings. The maximum absolute atomic E-state index is 10.7. The van der Waals surface area contributed by atoms with Gasteiger partial charge in [0.25, 0.3) is 0 Å². The largest absolute Gasteiger partial charge is 0.477 e. The van der Waals surface area contributed by atoms with Crippen LogP contribution < -0.4 is 5.73 Å². The normalized spacial score (nSPS) is 10.3. The van der Waals surface area contributed by atoms with Crippen LogP contribution in [0.25, 0.3) is 0 Å². The number of hydrogen-bond donors (Lipinski definition) is 2. The molecule has 0 atom stereocenters. The van der Waals surface area contributed by atoms with E-state index >= 15 is 0 Å².